The minimum absolute atomic E-state index is 0.362. The fourth-order valence-corrected chi connectivity index (χ4v) is 1.37. The fourth-order valence-electron chi connectivity index (χ4n) is 1.37. The van der Waals surface area contributed by atoms with Gasteiger partial charge in [-0.2, -0.15) is 0 Å². The SMILES string of the molecule is CC1=C(C)C(=O)C(C)(O)C(O)C1. The summed E-state index contributed by atoms with van der Waals surface area (Å²) in [4.78, 5) is 11.4. The van der Waals surface area contributed by atoms with Gasteiger partial charge in [-0.05, 0) is 32.8 Å². The minimum Gasteiger partial charge on any atom is -0.389 e. The molecule has 0 saturated heterocycles. The number of aliphatic hydroxyl groups is 2. The van der Waals surface area contributed by atoms with Crippen molar-refractivity contribution in [3.63, 3.8) is 0 Å². The van der Waals surface area contributed by atoms with Crippen LogP contribution >= 0.6 is 0 Å². The highest BCUT2D eigenvalue weighted by Gasteiger charge is 2.42. The Hall–Kier alpha value is -0.670. The van der Waals surface area contributed by atoms with Gasteiger partial charge in [-0.15, -0.1) is 0 Å². The van der Waals surface area contributed by atoms with Crippen molar-refractivity contribution in [1.82, 2.24) is 0 Å². The monoisotopic (exact) mass is 170 g/mol. The predicted octanol–water partition coefficient (Wildman–Crippen LogP) is 0.407. The van der Waals surface area contributed by atoms with Gasteiger partial charge in [-0.25, -0.2) is 0 Å². The highest BCUT2D eigenvalue weighted by atomic mass is 16.3. The Morgan fingerprint density at radius 2 is 2.00 bits per heavy atom. The first-order valence-corrected chi connectivity index (χ1v) is 3.99. The van der Waals surface area contributed by atoms with Crippen molar-refractivity contribution < 1.29 is 15.0 Å². The van der Waals surface area contributed by atoms with E-state index < -0.39 is 11.7 Å². The quantitative estimate of drug-likeness (QED) is 0.553. The van der Waals surface area contributed by atoms with Gasteiger partial charge in [0.1, 0.15) is 0 Å². The fraction of sp³-hybridized carbons (Fsp3) is 0.667. The zero-order valence-corrected chi connectivity index (χ0v) is 7.59. The van der Waals surface area contributed by atoms with Crippen LogP contribution in [0.2, 0.25) is 0 Å². The topological polar surface area (TPSA) is 57.5 Å². The molecule has 0 fully saturated rings. The second-order valence-electron chi connectivity index (χ2n) is 3.60. The van der Waals surface area contributed by atoms with E-state index in [1.807, 2.05) is 0 Å². The van der Waals surface area contributed by atoms with Gasteiger partial charge in [-0.1, -0.05) is 5.57 Å². The summed E-state index contributed by atoms with van der Waals surface area (Å²) in [5, 5.41) is 19.0. The lowest BCUT2D eigenvalue weighted by atomic mass is 9.79. The first kappa shape index (κ1) is 9.42. The van der Waals surface area contributed by atoms with E-state index in [1.54, 1.807) is 13.8 Å². The number of aliphatic hydroxyl groups excluding tert-OH is 1. The van der Waals surface area contributed by atoms with Crippen LogP contribution in [0.3, 0.4) is 0 Å². The van der Waals surface area contributed by atoms with Crippen LogP contribution in [-0.2, 0) is 4.79 Å². The van der Waals surface area contributed by atoms with Gasteiger partial charge in [0, 0.05) is 0 Å². The van der Waals surface area contributed by atoms with Gasteiger partial charge in [0.05, 0.1) is 6.10 Å². The summed E-state index contributed by atoms with van der Waals surface area (Å²) >= 11 is 0. The third-order valence-corrected chi connectivity index (χ3v) is 2.59. The van der Waals surface area contributed by atoms with E-state index in [0.29, 0.717) is 12.0 Å². The second kappa shape index (κ2) is 2.68. The van der Waals surface area contributed by atoms with Crippen LogP contribution in [0, 0.1) is 0 Å². The molecule has 0 aromatic heterocycles. The molecule has 1 aliphatic carbocycles. The van der Waals surface area contributed by atoms with Crippen molar-refractivity contribution in [2.45, 2.75) is 38.9 Å². The van der Waals surface area contributed by atoms with Crippen LogP contribution in [0.5, 0.6) is 0 Å². The Bertz CT molecular complexity index is 250. The molecule has 1 aliphatic rings. The van der Waals surface area contributed by atoms with Gasteiger partial charge in [-0.3, -0.25) is 4.79 Å². The van der Waals surface area contributed by atoms with Gasteiger partial charge < -0.3 is 10.2 Å². The third-order valence-electron chi connectivity index (χ3n) is 2.59. The molecule has 0 heterocycles. The zero-order chi connectivity index (χ0) is 9.52. The number of carbonyl (C=O) groups excluding carboxylic acids is 1. The van der Waals surface area contributed by atoms with E-state index in [0.717, 1.165) is 5.57 Å². The van der Waals surface area contributed by atoms with Crippen molar-refractivity contribution in [2.24, 2.45) is 0 Å². The summed E-state index contributed by atoms with van der Waals surface area (Å²) in [6.45, 7) is 4.83. The van der Waals surface area contributed by atoms with E-state index in [1.165, 1.54) is 6.92 Å². The summed E-state index contributed by atoms with van der Waals surface area (Å²) in [6, 6.07) is 0. The molecular formula is C9H14O3. The van der Waals surface area contributed by atoms with Crippen molar-refractivity contribution in [2.75, 3.05) is 0 Å². The number of hydrogen-bond acceptors (Lipinski definition) is 3. The third kappa shape index (κ3) is 1.19. The number of ketones is 1. The van der Waals surface area contributed by atoms with E-state index >= 15 is 0 Å². The molecule has 0 bridgehead atoms. The standard InChI is InChI=1S/C9H14O3/c1-5-4-7(10)9(3,12)8(11)6(5)2/h7,10,12H,4H2,1-3H3. The number of rotatable bonds is 0. The zero-order valence-electron chi connectivity index (χ0n) is 7.59. The lowest BCUT2D eigenvalue weighted by Gasteiger charge is -2.33. The van der Waals surface area contributed by atoms with Gasteiger partial charge in [0.2, 0.25) is 0 Å². The van der Waals surface area contributed by atoms with Gasteiger partial charge >= 0.3 is 0 Å². The molecular weight excluding hydrogens is 156 g/mol. The Morgan fingerprint density at radius 1 is 1.50 bits per heavy atom. The van der Waals surface area contributed by atoms with Crippen LogP contribution in [0.4, 0.5) is 0 Å². The van der Waals surface area contributed by atoms with Crippen LogP contribution < -0.4 is 0 Å². The maximum Gasteiger partial charge on any atom is 0.192 e. The Morgan fingerprint density at radius 3 is 2.50 bits per heavy atom. The molecule has 0 spiro atoms. The number of hydrogen-bond donors (Lipinski definition) is 2. The first-order chi connectivity index (χ1) is 5.37. The van der Waals surface area contributed by atoms with E-state index in [9.17, 15) is 15.0 Å². The lowest BCUT2D eigenvalue weighted by Crippen LogP contribution is -2.50. The summed E-state index contributed by atoms with van der Waals surface area (Å²) in [7, 11) is 0. The average Bonchev–Trinajstić information content (AvgIpc) is 1.99. The molecule has 1 rings (SSSR count). The molecule has 0 aromatic rings. The normalized spacial score (nSPS) is 37.4. The summed E-state index contributed by atoms with van der Waals surface area (Å²) in [5.74, 6) is -0.362. The molecule has 0 aliphatic heterocycles. The summed E-state index contributed by atoms with van der Waals surface area (Å²) < 4.78 is 0. The molecule has 68 valence electrons. The largest absolute Gasteiger partial charge is 0.389 e. The average molecular weight is 170 g/mol. The number of carbonyl (C=O) groups is 1. The maximum atomic E-state index is 11.4. The molecule has 2 N–H and O–H groups in total. The highest BCUT2D eigenvalue weighted by Crippen LogP contribution is 2.29. The van der Waals surface area contributed by atoms with Crippen LogP contribution in [-0.4, -0.2) is 27.7 Å². The molecule has 12 heavy (non-hydrogen) atoms. The molecule has 3 heteroatoms. The summed E-state index contributed by atoms with van der Waals surface area (Å²) in [5.41, 5.74) is -0.159. The second-order valence-corrected chi connectivity index (χ2v) is 3.60. The van der Waals surface area contributed by atoms with Gasteiger partial charge in [0.15, 0.2) is 11.4 Å². The molecule has 0 aromatic carbocycles. The molecule has 2 unspecified atom stereocenters. The van der Waals surface area contributed by atoms with Gasteiger partial charge in [0.25, 0.3) is 0 Å². The molecule has 0 radical (unpaired) electrons. The van der Waals surface area contributed by atoms with E-state index in [2.05, 4.69) is 0 Å². The molecule has 3 nitrogen and oxygen atoms in total. The Balaban J connectivity index is 3.10. The number of Topliss-reactive ketones (excluding diaryl/α,β-unsaturated/α-hetero) is 1. The van der Waals surface area contributed by atoms with Crippen molar-refractivity contribution in [1.29, 1.82) is 0 Å². The maximum absolute atomic E-state index is 11.4. The minimum atomic E-state index is -1.59. The van der Waals surface area contributed by atoms with Crippen LogP contribution in [0.25, 0.3) is 0 Å². The summed E-state index contributed by atoms with van der Waals surface area (Å²) in [6.07, 6.45) is -0.585. The van der Waals surface area contributed by atoms with E-state index in [4.69, 9.17) is 0 Å². The van der Waals surface area contributed by atoms with Crippen LogP contribution in [0.15, 0.2) is 11.1 Å². The molecule has 0 saturated carbocycles. The van der Waals surface area contributed by atoms with E-state index in [-0.39, 0.29) is 5.78 Å². The van der Waals surface area contributed by atoms with Crippen molar-refractivity contribution in [3.8, 4) is 0 Å². The highest BCUT2D eigenvalue weighted by molar-refractivity contribution is 6.03. The smallest absolute Gasteiger partial charge is 0.192 e. The van der Waals surface area contributed by atoms with Crippen molar-refractivity contribution >= 4 is 5.78 Å². The molecule has 2 atom stereocenters. The lowest BCUT2D eigenvalue weighted by molar-refractivity contribution is -0.144. The Kier molecular flexibility index (Phi) is 2.10. The first-order valence-electron chi connectivity index (χ1n) is 3.99. The predicted molar refractivity (Wildman–Crippen MR) is 44.6 cm³/mol. The van der Waals surface area contributed by atoms with Crippen molar-refractivity contribution in [3.05, 3.63) is 11.1 Å². The molecule has 0 amide bonds. The van der Waals surface area contributed by atoms with Crippen LogP contribution in [0.1, 0.15) is 27.2 Å². The Labute approximate surface area is 71.7 Å².